The average molecular weight is 293 g/mol. The van der Waals surface area contributed by atoms with Crippen molar-refractivity contribution in [2.45, 2.75) is 26.8 Å². The van der Waals surface area contributed by atoms with Gasteiger partial charge in [0.15, 0.2) is 11.5 Å². The summed E-state index contributed by atoms with van der Waals surface area (Å²) >= 11 is 0. The number of hydrogen-bond donors (Lipinski definition) is 2. The highest BCUT2D eigenvalue weighted by Gasteiger charge is 2.33. The van der Waals surface area contributed by atoms with Gasteiger partial charge in [0.1, 0.15) is 19.3 Å². The maximum absolute atomic E-state index is 12.2. The Hall–Kier alpha value is -2.24. The van der Waals surface area contributed by atoms with Crippen LogP contribution in [0.1, 0.15) is 31.1 Å². The van der Waals surface area contributed by atoms with Crippen LogP contribution in [0, 0.1) is 5.41 Å². The van der Waals surface area contributed by atoms with Crippen molar-refractivity contribution in [1.29, 1.82) is 0 Å². The molecule has 2 rings (SSSR count). The van der Waals surface area contributed by atoms with Gasteiger partial charge >= 0.3 is 5.97 Å². The lowest BCUT2D eigenvalue weighted by molar-refractivity contribution is -0.142. The molecule has 0 saturated carbocycles. The molecule has 0 bridgehead atoms. The summed E-state index contributed by atoms with van der Waals surface area (Å²) in [5.74, 6) is -0.428. The fourth-order valence-electron chi connectivity index (χ4n) is 2.05. The number of fused-ring (bicyclic) bond motifs is 1. The van der Waals surface area contributed by atoms with Gasteiger partial charge in [0.2, 0.25) is 0 Å². The van der Waals surface area contributed by atoms with Gasteiger partial charge < -0.3 is 19.9 Å². The smallest absolute Gasteiger partial charge is 0.326 e. The monoisotopic (exact) mass is 293 g/mol. The van der Waals surface area contributed by atoms with E-state index in [2.05, 4.69) is 5.32 Å². The van der Waals surface area contributed by atoms with Crippen LogP contribution >= 0.6 is 0 Å². The van der Waals surface area contributed by atoms with E-state index in [1.807, 2.05) is 0 Å². The van der Waals surface area contributed by atoms with E-state index in [0.29, 0.717) is 30.3 Å². The molecular weight excluding hydrogens is 274 g/mol. The first kappa shape index (κ1) is 15.2. The first-order chi connectivity index (χ1) is 9.79. The summed E-state index contributed by atoms with van der Waals surface area (Å²) in [5, 5.41) is 11.8. The number of rotatable bonds is 3. The van der Waals surface area contributed by atoms with Crippen LogP contribution in [0.3, 0.4) is 0 Å². The molecule has 0 spiro atoms. The number of carbonyl (C=O) groups is 2. The van der Waals surface area contributed by atoms with Gasteiger partial charge in [-0.25, -0.2) is 4.79 Å². The Morgan fingerprint density at radius 3 is 2.38 bits per heavy atom. The van der Waals surface area contributed by atoms with E-state index in [-0.39, 0.29) is 0 Å². The second-order valence-corrected chi connectivity index (χ2v) is 5.97. The van der Waals surface area contributed by atoms with Crippen LogP contribution in [0.5, 0.6) is 11.5 Å². The van der Waals surface area contributed by atoms with E-state index in [0.717, 1.165) is 0 Å². The maximum atomic E-state index is 12.2. The Balaban J connectivity index is 2.18. The van der Waals surface area contributed by atoms with Crippen LogP contribution < -0.4 is 14.8 Å². The molecule has 6 heteroatoms. The second kappa shape index (κ2) is 5.63. The molecule has 0 aromatic heterocycles. The van der Waals surface area contributed by atoms with E-state index in [1.54, 1.807) is 39.0 Å². The molecule has 1 amide bonds. The summed E-state index contributed by atoms with van der Waals surface area (Å²) in [5.41, 5.74) is -0.246. The number of nitrogens with one attached hydrogen (secondary N) is 1. The normalized spacial score (nSPS) is 15.2. The summed E-state index contributed by atoms with van der Waals surface area (Å²) in [7, 11) is 0. The molecule has 0 aliphatic carbocycles. The van der Waals surface area contributed by atoms with Crippen molar-refractivity contribution in [1.82, 2.24) is 5.32 Å². The number of benzene rings is 1. The van der Waals surface area contributed by atoms with Gasteiger partial charge in [-0.2, -0.15) is 0 Å². The quantitative estimate of drug-likeness (QED) is 0.885. The molecule has 1 aromatic carbocycles. The molecule has 2 N–H and O–H groups in total. The number of ether oxygens (including phenoxy) is 2. The average Bonchev–Trinajstić information content (AvgIpc) is 2.42. The van der Waals surface area contributed by atoms with Crippen molar-refractivity contribution < 1.29 is 24.2 Å². The molecule has 1 heterocycles. The molecule has 0 unspecified atom stereocenters. The third-order valence-corrected chi connectivity index (χ3v) is 3.19. The van der Waals surface area contributed by atoms with Gasteiger partial charge in [-0.15, -0.1) is 0 Å². The molecule has 0 fully saturated rings. The minimum Gasteiger partial charge on any atom is -0.486 e. The topological polar surface area (TPSA) is 84.9 Å². The van der Waals surface area contributed by atoms with Gasteiger partial charge in [-0.05, 0) is 23.6 Å². The summed E-state index contributed by atoms with van der Waals surface area (Å²) in [6.45, 7) is 6.18. The fraction of sp³-hybridized carbons (Fsp3) is 0.467. The van der Waals surface area contributed by atoms with Crippen LogP contribution in [-0.2, 0) is 4.79 Å². The van der Waals surface area contributed by atoms with Crippen molar-refractivity contribution in [3.63, 3.8) is 0 Å². The zero-order valence-corrected chi connectivity index (χ0v) is 12.3. The number of amides is 1. The second-order valence-electron chi connectivity index (χ2n) is 5.97. The van der Waals surface area contributed by atoms with Crippen molar-refractivity contribution in [3.05, 3.63) is 23.8 Å². The third-order valence-electron chi connectivity index (χ3n) is 3.19. The standard InChI is InChI=1S/C15H19NO5/c1-15(2,3)12(14(18)19)16-13(17)9-4-5-10-11(8-9)21-7-6-20-10/h4-5,8,12H,6-7H2,1-3H3,(H,16,17)(H,18,19)/t12-/m0/s1. The maximum Gasteiger partial charge on any atom is 0.326 e. The van der Waals surface area contributed by atoms with Crippen LogP contribution in [0.25, 0.3) is 0 Å². The van der Waals surface area contributed by atoms with Crippen molar-refractivity contribution >= 4 is 11.9 Å². The minimum absolute atomic E-state index is 0.342. The molecule has 114 valence electrons. The van der Waals surface area contributed by atoms with Crippen LogP contribution in [-0.4, -0.2) is 36.2 Å². The number of carboxylic acid groups (broad SMARTS) is 1. The first-order valence-corrected chi connectivity index (χ1v) is 6.72. The van der Waals surface area contributed by atoms with Crippen LogP contribution in [0.4, 0.5) is 0 Å². The zero-order chi connectivity index (χ0) is 15.6. The number of hydrogen-bond acceptors (Lipinski definition) is 4. The lowest BCUT2D eigenvalue weighted by atomic mass is 9.86. The van der Waals surface area contributed by atoms with Crippen molar-refractivity contribution in [2.75, 3.05) is 13.2 Å². The molecule has 0 radical (unpaired) electrons. The molecule has 1 aliphatic heterocycles. The van der Waals surface area contributed by atoms with Gasteiger partial charge in [-0.1, -0.05) is 20.8 Å². The first-order valence-electron chi connectivity index (χ1n) is 6.72. The highest BCUT2D eigenvalue weighted by molar-refractivity contribution is 5.97. The molecule has 6 nitrogen and oxygen atoms in total. The predicted octanol–water partition coefficient (Wildman–Crippen LogP) is 1.69. The number of carbonyl (C=O) groups excluding carboxylic acids is 1. The predicted molar refractivity (Wildman–Crippen MR) is 75.8 cm³/mol. The highest BCUT2D eigenvalue weighted by Crippen LogP contribution is 2.31. The Labute approximate surface area is 123 Å². The van der Waals surface area contributed by atoms with E-state index < -0.39 is 23.3 Å². The summed E-state index contributed by atoms with van der Waals surface area (Å²) in [6.07, 6.45) is 0. The number of aliphatic carboxylic acids is 1. The highest BCUT2D eigenvalue weighted by atomic mass is 16.6. The van der Waals surface area contributed by atoms with Gasteiger partial charge in [0.25, 0.3) is 5.91 Å². The lowest BCUT2D eigenvalue weighted by Crippen LogP contribution is -2.49. The van der Waals surface area contributed by atoms with E-state index in [4.69, 9.17) is 9.47 Å². The van der Waals surface area contributed by atoms with Gasteiger partial charge in [-0.3, -0.25) is 4.79 Å². The van der Waals surface area contributed by atoms with Crippen molar-refractivity contribution in [2.24, 2.45) is 5.41 Å². The van der Waals surface area contributed by atoms with Gasteiger partial charge in [0, 0.05) is 5.56 Å². The largest absolute Gasteiger partial charge is 0.486 e. The molecular formula is C15H19NO5. The SMILES string of the molecule is CC(C)(C)[C@@H](NC(=O)c1ccc2c(c1)OCCO2)C(=O)O. The molecule has 1 atom stereocenters. The lowest BCUT2D eigenvalue weighted by Gasteiger charge is -2.28. The van der Waals surface area contributed by atoms with E-state index in [1.165, 1.54) is 0 Å². The van der Waals surface area contributed by atoms with Crippen LogP contribution in [0.15, 0.2) is 18.2 Å². The molecule has 1 aromatic rings. The third kappa shape index (κ3) is 3.45. The summed E-state index contributed by atoms with van der Waals surface area (Å²) in [4.78, 5) is 23.5. The number of carboxylic acids is 1. The van der Waals surface area contributed by atoms with E-state index >= 15 is 0 Å². The fourth-order valence-corrected chi connectivity index (χ4v) is 2.05. The Bertz CT molecular complexity index is 562. The van der Waals surface area contributed by atoms with E-state index in [9.17, 15) is 14.7 Å². The summed E-state index contributed by atoms with van der Waals surface area (Å²) in [6, 6.07) is 3.82. The van der Waals surface area contributed by atoms with Crippen LogP contribution in [0.2, 0.25) is 0 Å². The van der Waals surface area contributed by atoms with Gasteiger partial charge in [0.05, 0.1) is 0 Å². The Kier molecular flexibility index (Phi) is 4.06. The molecule has 0 saturated heterocycles. The minimum atomic E-state index is -1.06. The molecule has 21 heavy (non-hydrogen) atoms. The molecule has 1 aliphatic rings. The van der Waals surface area contributed by atoms with Crippen molar-refractivity contribution in [3.8, 4) is 11.5 Å². The summed E-state index contributed by atoms with van der Waals surface area (Å²) < 4.78 is 10.8. The Morgan fingerprint density at radius 1 is 1.19 bits per heavy atom. The Morgan fingerprint density at radius 2 is 1.81 bits per heavy atom. The zero-order valence-electron chi connectivity index (χ0n) is 12.3.